The van der Waals surface area contributed by atoms with Crippen molar-refractivity contribution in [2.24, 2.45) is 0 Å². The number of rotatable bonds is 4. The fourth-order valence-electron chi connectivity index (χ4n) is 1.82. The van der Waals surface area contributed by atoms with Gasteiger partial charge >= 0.3 is 0 Å². The van der Waals surface area contributed by atoms with Crippen LogP contribution < -0.4 is 5.32 Å². The molecule has 0 aromatic heterocycles. The zero-order chi connectivity index (χ0) is 11.4. The summed E-state index contributed by atoms with van der Waals surface area (Å²) < 4.78 is 12.9. The molecule has 0 amide bonds. The van der Waals surface area contributed by atoms with Crippen LogP contribution in [0, 0.1) is 5.82 Å². The molecule has 0 spiro atoms. The van der Waals surface area contributed by atoms with Crippen molar-refractivity contribution in [1.29, 1.82) is 0 Å². The van der Waals surface area contributed by atoms with Gasteiger partial charge in [0.1, 0.15) is 5.82 Å². The predicted octanol–water partition coefficient (Wildman–Crippen LogP) is 1.78. The minimum Gasteiger partial charge on any atom is -0.388 e. The van der Waals surface area contributed by atoms with Gasteiger partial charge in [-0.05, 0) is 29.9 Å². The molecular formula is C12H16FNOS. The first-order valence-electron chi connectivity index (χ1n) is 5.43. The molecule has 0 aliphatic carbocycles. The minimum atomic E-state index is -0.571. The smallest absolute Gasteiger partial charge is 0.123 e. The van der Waals surface area contributed by atoms with Gasteiger partial charge in [0.05, 0.1) is 5.60 Å². The van der Waals surface area contributed by atoms with Gasteiger partial charge in [-0.1, -0.05) is 12.1 Å². The van der Waals surface area contributed by atoms with Crippen molar-refractivity contribution in [3.63, 3.8) is 0 Å². The molecule has 1 aliphatic rings. The molecule has 1 fully saturated rings. The van der Waals surface area contributed by atoms with Crippen LogP contribution >= 0.6 is 11.8 Å². The molecule has 2 N–H and O–H groups in total. The molecule has 1 saturated heterocycles. The third-order valence-corrected chi connectivity index (χ3v) is 3.99. The maximum atomic E-state index is 12.9. The highest BCUT2D eigenvalue weighted by Gasteiger charge is 2.30. The number of aliphatic hydroxyl groups is 1. The maximum absolute atomic E-state index is 12.9. The lowest BCUT2D eigenvalue weighted by molar-refractivity contribution is 0.0674. The molecule has 0 saturated carbocycles. The van der Waals surface area contributed by atoms with Crippen LogP contribution in [0.4, 0.5) is 4.39 Å². The number of halogens is 1. The number of thioether (sulfide) groups is 1. The van der Waals surface area contributed by atoms with Crippen LogP contribution in [-0.4, -0.2) is 28.8 Å². The standard InChI is InChI=1S/C12H16FNOS/c13-11-3-1-2-10(6-11)7-14-8-12(15)4-5-16-9-12/h1-3,6,14-15H,4-5,7-9H2. The van der Waals surface area contributed by atoms with Crippen LogP contribution in [0.25, 0.3) is 0 Å². The zero-order valence-electron chi connectivity index (χ0n) is 9.08. The van der Waals surface area contributed by atoms with E-state index in [-0.39, 0.29) is 5.82 Å². The zero-order valence-corrected chi connectivity index (χ0v) is 9.89. The molecule has 2 rings (SSSR count). The summed E-state index contributed by atoms with van der Waals surface area (Å²) in [6.45, 7) is 1.18. The Morgan fingerprint density at radius 1 is 1.50 bits per heavy atom. The number of hydrogen-bond acceptors (Lipinski definition) is 3. The third-order valence-electron chi connectivity index (χ3n) is 2.75. The SMILES string of the molecule is OC1(CNCc2cccc(F)c2)CCSC1. The Bertz CT molecular complexity index is 353. The summed E-state index contributed by atoms with van der Waals surface area (Å²) in [5, 5.41) is 13.2. The molecule has 1 heterocycles. The van der Waals surface area contributed by atoms with E-state index in [4.69, 9.17) is 0 Å². The topological polar surface area (TPSA) is 32.3 Å². The van der Waals surface area contributed by atoms with Crippen LogP contribution in [-0.2, 0) is 6.54 Å². The van der Waals surface area contributed by atoms with Gasteiger partial charge in [-0.2, -0.15) is 11.8 Å². The van der Waals surface area contributed by atoms with Gasteiger partial charge in [-0.3, -0.25) is 0 Å². The molecule has 88 valence electrons. The van der Waals surface area contributed by atoms with E-state index in [9.17, 15) is 9.50 Å². The van der Waals surface area contributed by atoms with E-state index in [1.807, 2.05) is 6.07 Å². The Balaban J connectivity index is 1.79. The lowest BCUT2D eigenvalue weighted by Gasteiger charge is -2.21. The van der Waals surface area contributed by atoms with Gasteiger partial charge in [-0.15, -0.1) is 0 Å². The quantitative estimate of drug-likeness (QED) is 0.843. The molecule has 1 aromatic rings. The Kier molecular flexibility index (Phi) is 3.84. The average Bonchev–Trinajstić information content (AvgIpc) is 2.65. The normalized spacial score (nSPS) is 24.9. The van der Waals surface area contributed by atoms with Crippen molar-refractivity contribution >= 4 is 11.8 Å². The Morgan fingerprint density at radius 2 is 2.38 bits per heavy atom. The number of benzene rings is 1. The van der Waals surface area contributed by atoms with E-state index in [2.05, 4.69) is 5.32 Å². The number of hydrogen-bond donors (Lipinski definition) is 2. The van der Waals surface area contributed by atoms with E-state index < -0.39 is 5.60 Å². The van der Waals surface area contributed by atoms with Gasteiger partial charge < -0.3 is 10.4 Å². The summed E-state index contributed by atoms with van der Waals surface area (Å²) in [6, 6.07) is 6.53. The van der Waals surface area contributed by atoms with E-state index in [0.717, 1.165) is 23.5 Å². The van der Waals surface area contributed by atoms with Crippen LogP contribution in [0.1, 0.15) is 12.0 Å². The van der Waals surface area contributed by atoms with Crippen molar-refractivity contribution in [1.82, 2.24) is 5.32 Å². The lowest BCUT2D eigenvalue weighted by Crippen LogP contribution is -2.40. The Labute approximate surface area is 99.2 Å². The monoisotopic (exact) mass is 241 g/mol. The summed E-state index contributed by atoms with van der Waals surface area (Å²) in [5.41, 5.74) is 0.340. The van der Waals surface area contributed by atoms with E-state index >= 15 is 0 Å². The van der Waals surface area contributed by atoms with Gasteiger partial charge in [0.2, 0.25) is 0 Å². The third kappa shape index (κ3) is 3.20. The van der Waals surface area contributed by atoms with Crippen molar-refractivity contribution < 1.29 is 9.50 Å². The second kappa shape index (κ2) is 5.17. The van der Waals surface area contributed by atoms with Crippen molar-refractivity contribution in [3.8, 4) is 0 Å². The second-order valence-corrected chi connectivity index (χ2v) is 5.37. The molecule has 16 heavy (non-hydrogen) atoms. The van der Waals surface area contributed by atoms with Gasteiger partial charge in [0.25, 0.3) is 0 Å². The van der Waals surface area contributed by atoms with Gasteiger partial charge in [0.15, 0.2) is 0 Å². The molecule has 1 atom stereocenters. The van der Waals surface area contributed by atoms with E-state index in [0.29, 0.717) is 13.1 Å². The largest absolute Gasteiger partial charge is 0.388 e. The highest BCUT2D eigenvalue weighted by atomic mass is 32.2. The predicted molar refractivity (Wildman–Crippen MR) is 65.0 cm³/mol. The lowest BCUT2D eigenvalue weighted by atomic mass is 10.0. The summed E-state index contributed by atoms with van der Waals surface area (Å²) in [6.07, 6.45) is 0.841. The Hall–Kier alpha value is -0.580. The Morgan fingerprint density at radius 3 is 3.06 bits per heavy atom. The van der Waals surface area contributed by atoms with Crippen molar-refractivity contribution in [3.05, 3.63) is 35.6 Å². The van der Waals surface area contributed by atoms with Gasteiger partial charge in [-0.25, -0.2) is 4.39 Å². The molecule has 4 heteroatoms. The highest BCUT2D eigenvalue weighted by molar-refractivity contribution is 7.99. The fraction of sp³-hybridized carbons (Fsp3) is 0.500. The summed E-state index contributed by atoms with van der Waals surface area (Å²) in [7, 11) is 0. The highest BCUT2D eigenvalue weighted by Crippen LogP contribution is 2.26. The molecule has 0 bridgehead atoms. The van der Waals surface area contributed by atoms with E-state index in [1.165, 1.54) is 12.1 Å². The maximum Gasteiger partial charge on any atom is 0.123 e. The van der Waals surface area contributed by atoms with Crippen LogP contribution in [0.15, 0.2) is 24.3 Å². The van der Waals surface area contributed by atoms with E-state index in [1.54, 1.807) is 17.8 Å². The van der Waals surface area contributed by atoms with Crippen molar-refractivity contribution in [2.45, 2.75) is 18.6 Å². The molecule has 1 aromatic carbocycles. The molecule has 1 unspecified atom stereocenters. The van der Waals surface area contributed by atoms with Crippen molar-refractivity contribution in [2.75, 3.05) is 18.1 Å². The minimum absolute atomic E-state index is 0.213. The second-order valence-electron chi connectivity index (χ2n) is 4.26. The molecule has 1 aliphatic heterocycles. The molecular weight excluding hydrogens is 225 g/mol. The van der Waals surface area contributed by atoms with Gasteiger partial charge in [0, 0.05) is 18.8 Å². The molecule has 0 radical (unpaired) electrons. The molecule has 2 nitrogen and oxygen atoms in total. The first-order chi connectivity index (χ1) is 7.68. The summed E-state index contributed by atoms with van der Waals surface area (Å²) in [5.74, 6) is 1.61. The number of nitrogens with one attached hydrogen (secondary N) is 1. The van der Waals surface area contributed by atoms with Crippen LogP contribution in [0.2, 0.25) is 0 Å². The average molecular weight is 241 g/mol. The first-order valence-corrected chi connectivity index (χ1v) is 6.59. The first kappa shape index (κ1) is 11.9. The van der Waals surface area contributed by atoms with Crippen LogP contribution in [0.3, 0.4) is 0 Å². The fourth-order valence-corrected chi connectivity index (χ4v) is 3.12. The van der Waals surface area contributed by atoms with Crippen LogP contribution in [0.5, 0.6) is 0 Å². The summed E-state index contributed by atoms with van der Waals surface area (Å²) >= 11 is 1.78. The summed E-state index contributed by atoms with van der Waals surface area (Å²) in [4.78, 5) is 0.